The number of hydrogen-bond donors (Lipinski definition) is 1. The summed E-state index contributed by atoms with van der Waals surface area (Å²) in [5, 5.41) is 0. The standard InChI is InChI=1S/C17H20N2O2/c1-12(20)16-9-6-14(10-17(16)18)19(2)11-13-4-7-15(21-3)8-5-13/h4-10H,11,18H2,1-3H3. The van der Waals surface area contributed by atoms with E-state index in [2.05, 4.69) is 4.90 Å². The number of nitrogen functional groups attached to an aromatic ring is 1. The maximum atomic E-state index is 11.4. The van der Waals surface area contributed by atoms with Gasteiger partial charge in [0.05, 0.1) is 7.11 Å². The molecule has 0 saturated carbocycles. The van der Waals surface area contributed by atoms with E-state index in [-0.39, 0.29) is 5.78 Å². The molecule has 2 N–H and O–H groups in total. The van der Waals surface area contributed by atoms with Crippen molar-refractivity contribution >= 4 is 17.2 Å². The Bertz CT molecular complexity index is 636. The minimum atomic E-state index is -0.0168. The van der Waals surface area contributed by atoms with Crippen LogP contribution in [0, 0.1) is 0 Å². The second kappa shape index (κ2) is 6.31. The molecule has 2 aromatic carbocycles. The highest BCUT2D eigenvalue weighted by atomic mass is 16.5. The SMILES string of the molecule is COc1ccc(CN(C)c2ccc(C(C)=O)c(N)c2)cc1. The molecule has 0 aromatic heterocycles. The molecule has 21 heavy (non-hydrogen) atoms. The summed E-state index contributed by atoms with van der Waals surface area (Å²) in [5.41, 5.74) is 9.16. The molecule has 0 radical (unpaired) electrons. The first-order valence-corrected chi connectivity index (χ1v) is 6.76. The Balaban J connectivity index is 2.14. The number of benzene rings is 2. The van der Waals surface area contributed by atoms with Gasteiger partial charge < -0.3 is 15.4 Å². The van der Waals surface area contributed by atoms with Crippen molar-refractivity contribution in [1.29, 1.82) is 0 Å². The number of anilines is 2. The molecule has 0 aliphatic heterocycles. The van der Waals surface area contributed by atoms with Crippen molar-refractivity contribution in [3.63, 3.8) is 0 Å². The molecular formula is C17H20N2O2. The zero-order valence-electron chi connectivity index (χ0n) is 12.6. The molecular weight excluding hydrogens is 264 g/mol. The van der Waals surface area contributed by atoms with E-state index in [1.807, 2.05) is 43.4 Å². The molecule has 0 saturated heterocycles. The van der Waals surface area contributed by atoms with Crippen molar-refractivity contribution in [2.45, 2.75) is 13.5 Å². The summed E-state index contributed by atoms with van der Waals surface area (Å²) < 4.78 is 5.15. The molecule has 2 rings (SSSR count). The third kappa shape index (κ3) is 3.54. The Morgan fingerprint density at radius 3 is 2.38 bits per heavy atom. The number of Topliss-reactive ketones (excluding diaryl/α,β-unsaturated/α-hetero) is 1. The number of ether oxygens (including phenoxy) is 1. The zero-order valence-corrected chi connectivity index (χ0v) is 12.6. The van der Waals surface area contributed by atoms with Crippen LogP contribution < -0.4 is 15.4 Å². The summed E-state index contributed by atoms with van der Waals surface area (Å²) in [6.45, 7) is 2.27. The van der Waals surface area contributed by atoms with Gasteiger partial charge in [0, 0.05) is 30.5 Å². The van der Waals surface area contributed by atoms with Crippen LogP contribution in [0.25, 0.3) is 0 Å². The van der Waals surface area contributed by atoms with Crippen molar-refractivity contribution < 1.29 is 9.53 Å². The molecule has 0 unspecified atom stereocenters. The van der Waals surface area contributed by atoms with Gasteiger partial charge in [-0.3, -0.25) is 4.79 Å². The number of hydrogen-bond acceptors (Lipinski definition) is 4. The van der Waals surface area contributed by atoms with Crippen molar-refractivity contribution in [2.75, 3.05) is 24.8 Å². The van der Waals surface area contributed by atoms with Crippen LogP contribution in [0.2, 0.25) is 0 Å². The second-order valence-corrected chi connectivity index (χ2v) is 5.03. The van der Waals surface area contributed by atoms with Crippen LogP contribution in [0.1, 0.15) is 22.8 Å². The van der Waals surface area contributed by atoms with E-state index >= 15 is 0 Å². The van der Waals surface area contributed by atoms with Gasteiger partial charge in [0.25, 0.3) is 0 Å². The third-order valence-corrected chi connectivity index (χ3v) is 3.43. The lowest BCUT2D eigenvalue weighted by Gasteiger charge is -2.20. The molecule has 4 heteroatoms. The summed E-state index contributed by atoms with van der Waals surface area (Å²) in [7, 11) is 3.65. The number of nitrogens with zero attached hydrogens (tertiary/aromatic N) is 1. The van der Waals surface area contributed by atoms with Crippen molar-refractivity contribution in [1.82, 2.24) is 0 Å². The van der Waals surface area contributed by atoms with Gasteiger partial charge >= 0.3 is 0 Å². The number of carbonyl (C=O) groups excluding carboxylic acids is 1. The summed E-state index contributed by atoms with van der Waals surface area (Å²) >= 11 is 0. The minimum Gasteiger partial charge on any atom is -0.497 e. The molecule has 0 heterocycles. The normalized spacial score (nSPS) is 10.2. The van der Waals surface area contributed by atoms with E-state index in [4.69, 9.17) is 10.5 Å². The quantitative estimate of drug-likeness (QED) is 0.677. The molecule has 0 bridgehead atoms. The van der Waals surface area contributed by atoms with E-state index in [0.717, 1.165) is 18.0 Å². The number of methoxy groups -OCH3 is 1. The molecule has 110 valence electrons. The number of carbonyl (C=O) groups is 1. The Hall–Kier alpha value is -2.49. The van der Waals surface area contributed by atoms with Gasteiger partial charge in [-0.05, 0) is 42.8 Å². The van der Waals surface area contributed by atoms with Crippen LogP contribution in [0.5, 0.6) is 5.75 Å². The summed E-state index contributed by atoms with van der Waals surface area (Å²) in [6.07, 6.45) is 0. The van der Waals surface area contributed by atoms with E-state index < -0.39 is 0 Å². The van der Waals surface area contributed by atoms with Gasteiger partial charge in [0.2, 0.25) is 0 Å². The van der Waals surface area contributed by atoms with Crippen LogP contribution in [0.3, 0.4) is 0 Å². The number of nitrogens with two attached hydrogens (primary N) is 1. The van der Waals surface area contributed by atoms with Crippen molar-refractivity contribution in [3.8, 4) is 5.75 Å². The lowest BCUT2D eigenvalue weighted by Crippen LogP contribution is -2.16. The summed E-state index contributed by atoms with van der Waals surface area (Å²) in [4.78, 5) is 13.5. The number of rotatable bonds is 5. The lowest BCUT2D eigenvalue weighted by molar-refractivity contribution is 0.101. The van der Waals surface area contributed by atoms with E-state index in [1.165, 1.54) is 12.5 Å². The van der Waals surface area contributed by atoms with Crippen LogP contribution >= 0.6 is 0 Å². The first-order valence-electron chi connectivity index (χ1n) is 6.76. The first-order chi connectivity index (χ1) is 10.0. The van der Waals surface area contributed by atoms with Crippen LogP contribution in [-0.2, 0) is 6.54 Å². The fraction of sp³-hybridized carbons (Fsp3) is 0.235. The van der Waals surface area contributed by atoms with Gasteiger partial charge in [-0.15, -0.1) is 0 Å². The molecule has 0 spiro atoms. The Morgan fingerprint density at radius 1 is 1.19 bits per heavy atom. The molecule has 0 fully saturated rings. The summed E-state index contributed by atoms with van der Waals surface area (Å²) in [5.74, 6) is 0.827. The highest BCUT2D eigenvalue weighted by Gasteiger charge is 2.08. The molecule has 4 nitrogen and oxygen atoms in total. The fourth-order valence-corrected chi connectivity index (χ4v) is 2.20. The fourth-order valence-electron chi connectivity index (χ4n) is 2.20. The Morgan fingerprint density at radius 2 is 1.86 bits per heavy atom. The molecule has 0 aliphatic carbocycles. The second-order valence-electron chi connectivity index (χ2n) is 5.03. The third-order valence-electron chi connectivity index (χ3n) is 3.43. The van der Waals surface area contributed by atoms with Crippen LogP contribution in [0.15, 0.2) is 42.5 Å². The van der Waals surface area contributed by atoms with Gasteiger partial charge in [-0.25, -0.2) is 0 Å². The molecule has 0 atom stereocenters. The predicted molar refractivity (Wildman–Crippen MR) is 86.0 cm³/mol. The highest BCUT2D eigenvalue weighted by molar-refractivity contribution is 5.99. The smallest absolute Gasteiger partial charge is 0.161 e. The van der Waals surface area contributed by atoms with Gasteiger partial charge in [0.1, 0.15) is 5.75 Å². The average molecular weight is 284 g/mol. The molecule has 2 aromatic rings. The predicted octanol–water partition coefficient (Wildman–Crippen LogP) is 3.12. The average Bonchev–Trinajstić information content (AvgIpc) is 2.47. The highest BCUT2D eigenvalue weighted by Crippen LogP contribution is 2.23. The maximum Gasteiger partial charge on any atom is 0.161 e. The first kappa shape index (κ1) is 14.9. The summed E-state index contributed by atoms with van der Waals surface area (Å²) in [6, 6.07) is 13.5. The van der Waals surface area contributed by atoms with Crippen LogP contribution in [0.4, 0.5) is 11.4 Å². The Labute approximate surface area is 125 Å². The van der Waals surface area contributed by atoms with E-state index in [9.17, 15) is 4.79 Å². The molecule has 0 aliphatic rings. The monoisotopic (exact) mass is 284 g/mol. The Kier molecular flexibility index (Phi) is 4.48. The van der Waals surface area contributed by atoms with Crippen molar-refractivity contribution in [3.05, 3.63) is 53.6 Å². The molecule has 0 amide bonds. The largest absolute Gasteiger partial charge is 0.497 e. The number of ketones is 1. The topological polar surface area (TPSA) is 55.6 Å². The van der Waals surface area contributed by atoms with E-state index in [0.29, 0.717) is 11.3 Å². The van der Waals surface area contributed by atoms with Gasteiger partial charge in [0.15, 0.2) is 5.78 Å². The van der Waals surface area contributed by atoms with Crippen molar-refractivity contribution in [2.24, 2.45) is 0 Å². The maximum absolute atomic E-state index is 11.4. The zero-order chi connectivity index (χ0) is 15.4. The minimum absolute atomic E-state index is 0.0168. The van der Waals surface area contributed by atoms with Crippen LogP contribution in [-0.4, -0.2) is 19.9 Å². The lowest BCUT2D eigenvalue weighted by atomic mass is 10.1. The van der Waals surface area contributed by atoms with Gasteiger partial charge in [-0.2, -0.15) is 0 Å². The van der Waals surface area contributed by atoms with E-state index in [1.54, 1.807) is 13.2 Å². The van der Waals surface area contributed by atoms with Gasteiger partial charge in [-0.1, -0.05) is 12.1 Å².